The van der Waals surface area contributed by atoms with Crippen molar-refractivity contribution in [2.75, 3.05) is 19.0 Å². The number of pyridine rings is 2. The average Bonchev–Trinajstić information content (AvgIpc) is 3.62. The lowest BCUT2D eigenvalue weighted by Crippen LogP contribution is -2.39. The van der Waals surface area contributed by atoms with E-state index in [1.807, 2.05) is 72.8 Å². The van der Waals surface area contributed by atoms with Gasteiger partial charge in [0.25, 0.3) is 11.1 Å². The second kappa shape index (κ2) is 15.7. The largest absolute Gasteiger partial charge is 0.394 e. The van der Waals surface area contributed by atoms with E-state index in [0.717, 1.165) is 65.2 Å². The standard InChI is InChI=1S/C21H24N4O2.C16H15N3O3S/c1-25-18-17(12-16(19(25)27)11-15-7-3-2-4-8-15)13-22-20(23-18)24-21(14-26)9-5-6-10-21;1-19-14-13(10-17-16(18-14)23-22-21-2)9-12(15(19)20)8-11-6-4-3-5-7-11/h2-4,7-8,12-13,26H,5-6,9-11,14H2,1H3,(H,22,23,24);3-7,9-10H,8H2,1-2H3. The van der Waals surface area contributed by atoms with E-state index in [0.29, 0.717) is 40.8 Å². The molecule has 258 valence electrons. The third-order valence-corrected chi connectivity index (χ3v) is 9.46. The first-order valence-electron chi connectivity index (χ1n) is 16.3. The summed E-state index contributed by atoms with van der Waals surface area (Å²) in [7, 11) is 4.85. The lowest BCUT2D eigenvalue weighted by molar-refractivity contribution is -0.160. The number of aliphatic hydroxyl groups excluding tert-OH is 1. The minimum Gasteiger partial charge on any atom is -0.394 e. The fourth-order valence-electron chi connectivity index (χ4n) is 6.27. The van der Waals surface area contributed by atoms with Crippen LogP contribution in [0.15, 0.2) is 99.9 Å². The van der Waals surface area contributed by atoms with E-state index < -0.39 is 0 Å². The first kappa shape index (κ1) is 34.9. The van der Waals surface area contributed by atoms with Crippen molar-refractivity contribution in [3.8, 4) is 0 Å². The van der Waals surface area contributed by atoms with Crippen LogP contribution >= 0.6 is 12.0 Å². The Morgan fingerprint density at radius 1 is 0.800 bits per heavy atom. The Morgan fingerprint density at radius 3 is 1.84 bits per heavy atom. The van der Waals surface area contributed by atoms with Crippen LogP contribution in [0.2, 0.25) is 0 Å². The first-order valence-corrected chi connectivity index (χ1v) is 17.1. The van der Waals surface area contributed by atoms with Crippen LogP contribution in [0, 0.1) is 0 Å². The summed E-state index contributed by atoms with van der Waals surface area (Å²) in [6.45, 7) is 0.0589. The van der Waals surface area contributed by atoms with E-state index in [-0.39, 0.29) is 23.3 Å². The van der Waals surface area contributed by atoms with E-state index in [1.54, 1.807) is 31.1 Å². The van der Waals surface area contributed by atoms with Crippen molar-refractivity contribution in [2.45, 2.75) is 49.2 Å². The minimum atomic E-state index is -0.347. The molecule has 0 spiro atoms. The van der Waals surface area contributed by atoms with Crippen LogP contribution < -0.4 is 16.4 Å². The third-order valence-electron chi connectivity index (χ3n) is 8.91. The van der Waals surface area contributed by atoms with Crippen molar-refractivity contribution < 1.29 is 14.3 Å². The highest BCUT2D eigenvalue weighted by Crippen LogP contribution is 2.32. The molecule has 0 aliphatic heterocycles. The summed E-state index contributed by atoms with van der Waals surface area (Å²) in [5, 5.41) is 15.1. The molecule has 6 aromatic rings. The van der Waals surface area contributed by atoms with Crippen molar-refractivity contribution in [1.82, 2.24) is 29.1 Å². The molecule has 2 N–H and O–H groups in total. The highest BCUT2D eigenvalue weighted by Gasteiger charge is 2.33. The van der Waals surface area contributed by atoms with Crippen LogP contribution in [-0.4, -0.2) is 53.4 Å². The number of nitrogens with one attached hydrogen (secondary N) is 1. The Kier molecular flexibility index (Phi) is 11.0. The van der Waals surface area contributed by atoms with Crippen LogP contribution in [0.5, 0.6) is 0 Å². The maximum absolute atomic E-state index is 12.8. The van der Waals surface area contributed by atoms with Gasteiger partial charge >= 0.3 is 0 Å². The summed E-state index contributed by atoms with van der Waals surface area (Å²) in [5.74, 6) is 0.462. The van der Waals surface area contributed by atoms with Crippen LogP contribution in [0.25, 0.3) is 22.1 Å². The first-order chi connectivity index (χ1) is 24.3. The van der Waals surface area contributed by atoms with Crippen LogP contribution in [0.3, 0.4) is 0 Å². The SMILES string of the molecule is COOSc1ncc2cc(Cc3ccccc3)c(=O)n(C)c2n1.Cn1c(=O)c(Cc2ccccc2)cc2cnc(NC3(CO)CCCC3)nc21. The molecule has 12 nitrogen and oxygen atoms in total. The number of benzene rings is 2. The maximum Gasteiger partial charge on any atom is 0.255 e. The van der Waals surface area contributed by atoms with Crippen molar-refractivity contribution in [3.63, 3.8) is 0 Å². The molecule has 0 unspecified atom stereocenters. The third kappa shape index (κ3) is 7.92. The second-order valence-corrected chi connectivity index (χ2v) is 13.1. The summed E-state index contributed by atoms with van der Waals surface area (Å²) in [5.41, 5.74) is 4.32. The van der Waals surface area contributed by atoms with E-state index in [4.69, 9.17) is 4.33 Å². The molecule has 1 fully saturated rings. The average molecular weight is 694 g/mol. The molecule has 7 rings (SSSR count). The van der Waals surface area contributed by atoms with Gasteiger partial charge < -0.3 is 10.4 Å². The molecule has 50 heavy (non-hydrogen) atoms. The van der Waals surface area contributed by atoms with Gasteiger partial charge in [-0.1, -0.05) is 73.5 Å². The molecule has 1 saturated carbocycles. The highest BCUT2D eigenvalue weighted by atomic mass is 32.2. The zero-order valence-electron chi connectivity index (χ0n) is 28.2. The Bertz CT molecular complexity index is 2200. The smallest absolute Gasteiger partial charge is 0.255 e. The number of nitrogens with zero attached hydrogens (tertiary/aromatic N) is 6. The molecule has 1 aliphatic carbocycles. The van der Waals surface area contributed by atoms with Gasteiger partial charge in [0.15, 0.2) is 0 Å². The predicted octanol–water partition coefficient (Wildman–Crippen LogP) is 5.14. The zero-order valence-corrected chi connectivity index (χ0v) is 29.0. The van der Waals surface area contributed by atoms with Gasteiger partial charge in [0.05, 0.1) is 19.3 Å². The second-order valence-electron chi connectivity index (χ2n) is 12.4. The van der Waals surface area contributed by atoms with Gasteiger partial charge in [0.1, 0.15) is 23.3 Å². The number of fused-ring (bicyclic) bond motifs is 2. The van der Waals surface area contributed by atoms with Crippen LogP contribution in [-0.2, 0) is 36.2 Å². The molecule has 2 aromatic carbocycles. The van der Waals surface area contributed by atoms with Crippen molar-refractivity contribution >= 4 is 40.1 Å². The van der Waals surface area contributed by atoms with Crippen molar-refractivity contribution in [2.24, 2.45) is 14.1 Å². The monoisotopic (exact) mass is 693 g/mol. The van der Waals surface area contributed by atoms with Crippen molar-refractivity contribution in [1.29, 1.82) is 0 Å². The fraction of sp³-hybridized carbons (Fsp3) is 0.297. The van der Waals surface area contributed by atoms with E-state index in [2.05, 4.69) is 30.1 Å². The Labute approximate surface area is 293 Å². The molecule has 0 amide bonds. The van der Waals surface area contributed by atoms with Gasteiger partial charge in [0, 0.05) is 61.2 Å². The van der Waals surface area contributed by atoms with E-state index in [9.17, 15) is 14.7 Å². The molecule has 13 heteroatoms. The Morgan fingerprint density at radius 2 is 1.32 bits per heavy atom. The maximum atomic E-state index is 12.8. The molecule has 0 radical (unpaired) electrons. The van der Waals surface area contributed by atoms with Gasteiger partial charge in [-0.2, -0.15) is 9.32 Å². The summed E-state index contributed by atoms with van der Waals surface area (Å²) in [4.78, 5) is 47.4. The summed E-state index contributed by atoms with van der Waals surface area (Å²) in [6.07, 6.45) is 8.56. The van der Waals surface area contributed by atoms with Crippen LogP contribution in [0.4, 0.5) is 5.95 Å². The number of hydrogen-bond acceptors (Lipinski definition) is 11. The topological polar surface area (TPSA) is 146 Å². The normalized spacial score (nSPS) is 13.7. The van der Waals surface area contributed by atoms with Gasteiger partial charge in [-0.15, -0.1) is 0 Å². The number of aromatic nitrogens is 6. The number of anilines is 1. The van der Waals surface area contributed by atoms with Crippen molar-refractivity contribution in [3.05, 3.63) is 128 Å². The minimum absolute atomic E-state index is 0.0475. The molecule has 0 bridgehead atoms. The molecule has 0 saturated heterocycles. The molecular formula is C37H39N7O5S. The van der Waals surface area contributed by atoms with Gasteiger partial charge in [-0.3, -0.25) is 18.7 Å². The fourth-order valence-corrected chi connectivity index (χ4v) is 6.62. The van der Waals surface area contributed by atoms with E-state index in [1.165, 1.54) is 11.7 Å². The predicted molar refractivity (Wildman–Crippen MR) is 194 cm³/mol. The lowest BCUT2D eigenvalue weighted by Gasteiger charge is -2.28. The highest BCUT2D eigenvalue weighted by molar-refractivity contribution is 7.94. The lowest BCUT2D eigenvalue weighted by atomic mass is 9.99. The zero-order chi connectivity index (χ0) is 35.1. The van der Waals surface area contributed by atoms with Gasteiger partial charge in [0.2, 0.25) is 11.1 Å². The quantitative estimate of drug-likeness (QED) is 0.0851. The molecule has 1 aliphatic rings. The number of aryl methyl sites for hydroxylation is 2. The summed E-state index contributed by atoms with van der Waals surface area (Å²) < 4.78 is 7.86. The number of rotatable bonds is 10. The Hall–Kier alpha value is -4.95. The molecular weight excluding hydrogens is 655 g/mol. The van der Waals surface area contributed by atoms with Crippen LogP contribution in [0.1, 0.15) is 47.9 Å². The van der Waals surface area contributed by atoms with Gasteiger partial charge in [-0.25, -0.2) is 19.8 Å². The summed E-state index contributed by atoms with van der Waals surface area (Å²) in [6, 6.07) is 23.6. The molecule has 0 atom stereocenters. The van der Waals surface area contributed by atoms with Gasteiger partial charge in [-0.05, 0) is 36.1 Å². The number of hydrogen-bond donors (Lipinski definition) is 2. The summed E-state index contributed by atoms with van der Waals surface area (Å²) >= 11 is 0.897. The number of aliphatic hydroxyl groups is 1. The Balaban J connectivity index is 0.000000175. The van der Waals surface area contributed by atoms with E-state index >= 15 is 0 Å². The molecule has 4 heterocycles. The molecule has 4 aromatic heterocycles.